The Labute approximate surface area is 222 Å². The molecule has 5 rings (SSSR count). The molecule has 2 heterocycles. The van der Waals surface area contributed by atoms with Crippen molar-refractivity contribution in [1.82, 2.24) is 19.5 Å². The van der Waals surface area contributed by atoms with E-state index in [1.165, 1.54) is 17.0 Å². The number of fused-ring (bicyclic) bond motifs is 1. The molecule has 0 radical (unpaired) electrons. The number of imidazole rings is 1. The molecular formula is C27H21N9O3. The smallest absolute Gasteiger partial charge is 0.259 e. The molecule has 1 amide bonds. The third-order valence-corrected chi connectivity index (χ3v) is 5.52. The van der Waals surface area contributed by atoms with Crippen LogP contribution >= 0.6 is 0 Å². The molecule has 0 unspecified atom stereocenters. The van der Waals surface area contributed by atoms with Crippen molar-refractivity contribution in [3.63, 3.8) is 0 Å². The number of phenols is 1. The normalized spacial score (nSPS) is 10.0. The van der Waals surface area contributed by atoms with Gasteiger partial charge in [-0.25, -0.2) is 19.5 Å². The molecule has 0 aliphatic carbocycles. The van der Waals surface area contributed by atoms with Crippen LogP contribution < -0.4 is 21.5 Å². The molecule has 0 atom stereocenters. The van der Waals surface area contributed by atoms with Crippen molar-refractivity contribution in [3.05, 3.63) is 90.0 Å². The molecule has 0 spiro atoms. The minimum Gasteiger partial charge on any atom is -0.505 e. The van der Waals surface area contributed by atoms with Crippen LogP contribution in [0.3, 0.4) is 0 Å². The first-order valence-corrected chi connectivity index (χ1v) is 11.3. The maximum absolute atomic E-state index is 12.4. The van der Waals surface area contributed by atoms with E-state index in [4.69, 9.17) is 26.7 Å². The van der Waals surface area contributed by atoms with E-state index in [1.54, 1.807) is 55.6 Å². The van der Waals surface area contributed by atoms with Gasteiger partial charge in [-0.15, -0.1) is 0 Å². The van der Waals surface area contributed by atoms with Crippen molar-refractivity contribution >= 4 is 34.0 Å². The van der Waals surface area contributed by atoms with Gasteiger partial charge < -0.3 is 26.6 Å². The summed E-state index contributed by atoms with van der Waals surface area (Å²) in [5.41, 5.74) is 12.5. The minimum absolute atomic E-state index is 0.0132. The third kappa shape index (κ3) is 5.35. The summed E-state index contributed by atoms with van der Waals surface area (Å²) in [5.74, 6) is 0.283. The number of amides is 1. The molecular weight excluding hydrogens is 498 g/mol. The number of nitrogens with zero attached hydrogens (tertiary/aromatic N) is 6. The van der Waals surface area contributed by atoms with Gasteiger partial charge in [0.15, 0.2) is 17.1 Å². The van der Waals surface area contributed by atoms with E-state index in [0.717, 1.165) is 5.39 Å². The second kappa shape index (κ2) is 11.3. The van der Waals surface area contributed by atoms with Crippen molar-refractivity contribution in [2.45, 2.75) is 0 Å². The Bertz CT molecular complexity index is 1740. The van der Waals surface area contributed by atoms with Crippen LogP contribution in [0, 0.1) is 22.7 Å². The standard InChI is InChI=1S/C18H16N2O3.C9H5N7/c1-23-13-8-6-12(7-9-13)20-18(22)15-10-11-4-2-3-5-14(11)16(19)17(15)21;10-4-6-7(5-11)16(8(12)15-6)9-13-2-1-3-14-9/h2-10,21H,19H2,1H3,(H,20,22);1-3H,(H2,12,15). The van der Waals surface area contributed by atoms with E-state index >= 15 is 0 Å². The van der Waals surface area contributed by atoms with Gasteiger partial charge in [-0.2, -0.15) is 10.5 Å². The minimum atomic E-state index is -0.426. The Kier molecular flexibility index (Phi) is 7.50. The lowest BCUT2D eigenvalue weighted by Gasteiger charge is -2.11. The highest BCUT2D eigenvalue weighted by Gasteiger charge is 2.18. The molecule has 12 heteroatoms. The summed E-state index contributed by atoms with van der Waals surface area (Å²) < 4.78 is 6.31. The Balaban J connectivity index is 0.000000193. The van der Waals surface area contributed by atoms with E-state index in [-0.39, 0.29) is 40.3 Å². The van der Waals surface area contributed by atoms with Gasteiger partial charge in [0.1, 0.15) is 17.9 Å². The van der Waals surface area contributed by atoms with Gasteiger partial charge in [-0.05, 0) is 41.8 Å². The number of hydrogen-bond acceptors (Lipinski definition) is 10. The molecule has 0 bridgehead atoms. The zero-order chi connectivity index (χ0) is 27.9. The second-order valence-electron chi connectivity index (χ2n) is 7.87. The van der Waals surface area contributed by atoms with Crippen LogP contribution in [0.2, 0.25) is 0 Å². The number of nitriles is 2. The lowest BCUT2D eigenvalue weighted by molar-refractivity contribution is 0.102. The van der Waals surface area contributed by atoms with Crippen molar-refractivity contribution in [2.75, 3.05) is 23.9 Å². The Hall–Kier alpha value is -6.14. The number of ether oxygens (including phenoxy) is 1. The number of methoxy groups -OCH3 is 1. The molecule has 6 N–H and O–H groups in total. The summed E-state index contributed by atoms with van der Waals surface area (Å²) in [4.78, 5) is 24.1. The molecule has 0 fully saturated rings. The Morgan fingerprint density at radius 3 is 2.36 bits per heavy atom. The van der Waals surface area contributed by atoms with Gasteiger partial charge in [-0.3, -0.25) is 4.79 Å². The molecule has 0 aliphatic rings. The van der Waals surface area contributed by atoms with Gasteiger partial charge in [-0.1, -0.05) is 24.3 Å². The predicted molar refractivity (Wildman–Crippen MR) is 144 cm³/mol. The van der Waals surface area contributed by atoms with Crippen LogP contribution in [0.5, 0.6) is 11.5 Å². The number of anilines is 3. The maximum Gasteiger partial charge on any atom is 0.259 e. The first-order chi connectivity index (χ1) is 18.9. The average molecular weight is 520 g/mol. The lowest BCUT2D eigenvalue weighted by atomic mass is 10.0. The number of nitrogens with two attached hydrogens (primary N) is 2. The third-order valence-electron chi connectivity index (χ3n) is 5.52. The van der Waals surface area contributed by atoms with Crippen LogP contribution in [0.25, 0.3) is 16.7 Å². The highest BCUT2D eigenvalue weighted by molar-refractivity contribution is 6.11. The fourth-order valence-electron chi connectivity index (χ4n) is 3.64. The Morgan fingerprint density at radius 1 is 1.03 bits per heavy atom. The largest absolute Gasteiger partial charge is 0.505 e. The molecule has 0 saturated heterocycles. The van der Waals surface area contributed by atoms with E-state index < -0.39 is 5.91 Å². The van der Waals surface area contributed by atoms with E-state index in [0.29, 0.717) is 16.8 Å². The summed E-state index contributed by atoms with van der Waals surface area (Å²) >= 11 is 0. The Morgan fingerprint density at radius 2 is 1.72 bits per heavy atom. The summed E-state index contributed by atoms with van der Waals surface area (Å²) in [6, 6.07) is 21.1. The number of aromatic nitrogens is 4. The number of rotatable bonds is 4. The SMILES string of the molecule is COc1ccc(NC(=O)c2cc3ccccc3c(N)c2O)cc1.N#Cc1nc(N)n(-c2ncccn2)c1C#N. The fraction of sp³-hybridized carbons (Fsp3) is 0.0370. The number of phenolic OH excluding ortho intramolecular Hbond substituents is 1. The van der Waals surface area contributed by atoms with Crippen molar-refractivity contribution < 1.29 is 14.6 Å². The summed E-state index contributed by atoms with van der Waals surface area (Å²) in [7, 11) is 1.57. The number of aromatic hydroxyl groups is 1. The number of carbonyl (C=O) groups excluding carboxylic acids is 1. The number of hydrogen-bond donors (Lipinski definition) is 4. The van der Waals surface area contributed by atoms with Crippen molar-refractivity contribution in [3.8, 4) is 29.6 Å². The van der Waals surface area contributed by atoms with Gasteiger partial charge in [0.2, 0.25) is 11.9 Å². The summed E-state index contributed by atoms with van der Waals surface area (Å²) in [6.45, 7) is 0. The van der Waals surface area contributed by atoms with E-state index in [9.17, 15) is 9.90 Å². The van der Waals surface area contributed by atoms with Crippen LogP contribution in [0.4, 0.5) is 17.3 Å². The zero-order valence-electron chi connectivity index (χ0n) is 20.5. The number of benzene rings is 3. The number of carbonyl (C=O) groups is 1. The number of nitrogen functional groups attached to an aromatic ring is 2. The molecule has 2 aromatic heterocycles. The van der Waals surface area contributed by atoms with Crippen LogP contribution in [-0.2, 0) is 0 Å². The van der Waals surface area contributed by atoms with Gasteiger partial charge in [0.05, 0.1) is 18.4 Å². The van der Waals surface area contributed by atoms with Gasteiger partial charge in [0, 0.05) is 23.5 Å². The quantitative estimate of drug-likeness (QED) is 0.201. The molecule has 192 valence electrons. The molecule has 12 nitrogen and oxygen atoms in total. The first-order valence-electron chi connectivity index (χ1n) is 11.3. The first kappa shape index (κ1) is 25.9. The van der Waals surface area contributed by atoms with E-state index in [2.05, 4.69) is 20.3 Å². The highest BCUT2D eigenvalue weighted by Crippen LogP contribution is 2.34. The lowest BCUT2D eigenvalue weighted by Crippen LogP contribution is -2.12. The molecule has 0 saturated carbocycles. The second-order valence-corrected chi connectivity index (χ2v) is 7.87. The molecule has 3 aromatic carbocycles. The topological polar surface area (TPSA) is 202 Å². The van der Waals surface area contributed by atoms with Crippen molar-refractivity contribution in [1.29, 1.82) is 10.5 Å². The molecule has 0 aliphatic heterocycles. The molecule has 5 aromatic rings. The van der Waals surface area contributed by atoms with Gasteiger partial charge >= 0.3 is 0 Å². The predicted octanol–water partition coefficient (Wildman–Crippen LogP) is 3.38. The highest BCUT2D eigenvalue weighted by atomic mass is 16.5. The fourth-order valence-corrected chi connectivity index (χ4v) is 3.64. The van der Waals surface area contributed by atoms with Crippen LogP contribution in [-0.4, -0.2) is 37.6 Å². The summed E-state index contributed by atoms with van der Waals surface area (Å²) in [5, 5.41) is 32.2. The average Bonchev–Trinajstić information content (AvgIpc) is 3.31. The molecule has 39 heavy (non-hydrogen) atoms. The van der Waals surface area contributed by atoms with Crippen LogP contribution in [0.15, 0.2) is 73.1 Å². The van der Waals surface area contributed by atoms with Gasteiger partial charge in [0.25, 0.3) is 5.91 Å². The zero-order valence-corrected chi connectivity index (χ0v) is 20.5. The monoisotopic (exact) mass is 519 g/mol. The van der Waals surface area contributed by atoms with Crippen molar-refractivity contribution in [2.24, 2.45) is 0 Å². The summed E-state index contributed by atoms with van der Waals surface area (Å²) in [6.07, 6.45) is 3.02. The van der Waals surface area contributed by atoms with Crippen LogP contribution in [0.1, 0.15) is 21.7 Å². The maximum atomic E-state index is 12.4. The van der Waals surface area contributed by atoms with E-state index in [1.807, 2.05) is 24.3 Å². The number of nitrogens with one attached hydrogen (secondary N) is 1.